The Labute approximate surface area is 226 Å². The first-order valence-corrected chi connectivity index (χ1v) is 13.0. The van der Waals surface area contributed by atoms with Gasteiger partial charge in [0.25, 0.3) is 5.56 Å². The van der Waals surface area contributed by atoms with Gasteiger partial charge in [0.1, 0.15) is 17.3 Å². The van der Waals surface area contributed by atoms with Gasteiger partial charge < -0.3 is 14.3 Å². The topological polar surface area (TPSA) is 94.0 Å². The maximum absolute atomic E-state index is 13.7. The van der Waals surface area contributed by atoms with Gasteiger partial charge in [0, 0.05) is 11.6 Å². The highest BCUT2D eigenvalue weighted by molar-refractivity contribution is 7.07. The van der Waals surface area contributed by atoms with Crippen LogP contribution in [0.15, 0.2) is 111 Å². The van der Waals surface area contributed by atoms with Gasteiger partial charge in [-0.15, -0.1) is 0 Å². The molecule has 1 aliphatic rings. The van der Waals surface area contributed by atoms with E-state index in [0.717, 1.165) is 22.6 Å². The summed E-state index contributed by atoms with van der Waals surface area (Å²) in [5, 5.41) is 9.30. The van der Waals surface area contributed by atoms with Crippen LogP contribution in [0.25, 0.3) is 23.1 Å². The minimum absolute atomic E-state index is 0.172. The number of carboxylic acids is 1. The maximum Gasteiger partial charge on any atom is 0.335 e. The molecule has 3 heterocycles. The first-order chi connectivity index (χ1) is 19.0. The van der Waals surface area contributed by atoms with E-state index in [2.05, 4.69) is 0 Å². The highest BCUT2D eigenvalue weighted by Gasteiger charge is 2.22. The molecule has 6 rings (SSSR count). The minimum atomic E-state index is -1.01. The van der Waals surface area contributed by atoms with Gasteiger partial charge in [-0.25, -0.2) is 9.79 Å². The van der Waals surface area contributed by atoms with E-state index in [1.165, 1.54) is 17.4 Å². The molecule has 3 aromatic carbocycles. The molecule has 0 bridgehead atoms. The van der Waals surface area contributed by atoms with E-state index < -0.39 is 5.97 Å². The van der Waals surface area contributed by atoms with Crippen molar-refractivity contribution in [2.24, 2.45) is 4.99 Å². The molecule has 7 nitrogen and oxygen atoms in total. The number of furan rings is 1. The summed E-state index contributed by atoms with van der Waals surface area (Å²) in [6.07, 6.45) is 3.70. The highest BCUT2D eigenvalue weighted by atomic mass is 32.1. The number of benzene rings is 3. The molecule has 0 saturated carbocycles. The van der Waals surface area contributed by atoms with Gasteiger partial charge in [-0.1, -0.05) is 65.9 Å². The van der Waals surface area contributed by atoms with Crippen molar-refractivity contribution in [1.82, 2.24) is 4.57 Å². The number of rotatable bonds is 6. The van der Waals surface area contributed by atoms with E-state index in [-0.39, 0.29) is 17.2 Å². The van der Waals surface area contributed by atoms with Crippen LogP contribution in [0.4, 0.5) is 0 Å². The highest BCUT2D eigenvalue weighted by Crippen LogP contribution is 2.28. The van der Waals surface area contributed by atoms with Crippen molar-refractivity contribution < 1.29 is 19.1 Å². The lowest BCUT2D eigenvalue weighted by Crippen LogP contribution is -2.36. The summed E-state index contributed by atoms with van der Waals surface area (Å²) < 4.78 is 13.5. The van der Waals surface area contributed by atoms with Crippen LogP contribution in [0.3, 0.4) is 0 Å². The summed E-state index contributed by atoms with van der Waals surface area (Å²) in [4.78, 5) is 30.5. The number of hydrogen-bond donors (Lipinski definition) is 1. The number of fused-ring (bicyclic) bond motifs is 1. The largest absolute Gasteiger partial charge is 0.497 e. The van der Waals surface area contributed by atoms with Crippen LogP contribution in [-0.4, -0.2) is 22.8 Å². The molecule has 1 N–H and O–H groups in total. The fourth-order valence-corrected chi connectivity index (χ4v) is 5.51. The molecule has 1 atom stereocenters. The predicted octanol–water partition coefficient (Wildman–Crippen LogP) is 4.97. The lowest BCUT2D eigenvalue weighted by Gasteiger charge is -2.20. The average Bonchev–Trinajstić information content (AvgIpc) is 3.57. The molecule has 1 unspecified atom stereocenters. The van der Waals surface area contributed by atoms with Crippen molar-refractivity contribution in [2.45, 2.75) is 6.04 Å². The van der Waals surface area contributed by atoms with Gasteiger partial charge in [-0.2, -0.15) is 0 Å². The smallest absolute Gasteiger partial charge is 0.335 e. The summed E-state index contributed by atoms with van der Waals surface area (Å²) >= 11 is 1.30. The summed E-state index contributed by atoms with van der Waals surface area (Å²) in [7, 11) is 1.62. The zero-order chi connectivity index (χ0) is 26.9. The second-order valence-corrected chi connectivity index (χ2v) is 9.91. The third-order valence-electron chi connectivity index (χ3n) is 6.47. The van der Waals surface area contributed by atoms with Crippen LogP contribution in [0.1, 0.15) is 33.3 Å². The number of nitrogens with zero attached hydrogens (tertiary/aromatic N) is 2. The second-order valence-electron chi connectivity index (χ2n) is 8.90. The van der Waals surface area contributed by atoms with Crippen molar-refractivity contribution >= 4 is 29.1 Å². The number of hydrogen-bond acceptors (Lipinski definition) is 6. The van der Waals surface area contributed by atoms with E-state index in [1.54, 1.807) is 48.1 Å². The van der Waals surface area contributed by atoms with Gasteiger partial charge in [0.2, 0.25) is 0 Å². The fraction of sp³-hybridized carbons (Fsp3) is 0.0645. The lowest BCUT2D eigenvalue weighted by molar-refractivity contribution is 0.0697. The van der Waals surface area contributed by atoms with Crippen LogP contribution in [0.2, 0.25) is 0 Å². The van der Waals surface area contributed by atoms with E-state index in [4.69, 9.17) is 14.1 Å². The molecule has 39 heavy (non-hydrogen) atoms. The van der Waals surface area contributed by atoms with Crippen molar-refractivity contribution in [2.75, 3.05) is 7.11 Å². The Morgan fingerprint density at radius 2 is 1.77 bits per heavy atom. The van der Waals surface area contributed by atoms with Gasteiger partial charge >= 0.3 is 5.97 Å². The third-order valence-corrected chi connectivity index (χ3v) is 7.45. The molecule has 0 amide bonds. The first-order valence-electron chi connectivity index (χ1n) is 12.2. The number of methoxy groups -OCH3 is 1. The number of allylic oxidation sites excluding steroid dienone is 1. The van der Waals surface area contributed by atoms with Crippen molar-refractivity contribution in [3.05, 3.63) is 139 Å². The number of carbonyl (C=O) groups is 1. The molecule has 0 saturated heterocycles. The van der Waals surface area contributed by atoms with Crippen LogP contribution in [-0.2, 0) is 0 Å². The molecular weight excluding hydrogens is 512 g/mol. The summed E-state index contributed by atoms with van der Waals surface area (Å²) in [6.45, 7) is 0. The standard InChI is InChI=1S/C31H22N2O5S/c1-37-23-12-10-20(11-13-23)26-18-25(19-6-3-2-4-7-19)32-31-33(26)29(34)28(39-31)17-24-14-15-27(38-24)21-8-5-9-22(16-21)30(35)36/h2-18,26H,1H3,(H,35,36)/b28-17-. The SMILES string of the molecule is COc1ccc(C2C=C(c3ccccc3)N=c3s/c(=C\c4ccc(-c5cccc(C(=O)O)c5)o4)c(=O)n32)cc1. The maximum atomic E-state index is 13.7. The number of ether oxygens (including phenoxy) is 1. The van der Waals surface area contributed by atoms with E-state index in [1.807, 2.05) is 60.7 Å². The molecule has 0 fully saturated rings. The van der Waals surface area contributed by atoms with Crippen LogP contribution in [0, 0.1) is 0 Å². The molecule has 192 valence electrons. The Bertz CT molecular complexity index is 1900. The minimum Gasteiger partial charge on any atom is -0.497 e. The van der Waals surface area contributed by atoms with Gasteiger partial charge in [-0.05, 0) is 53.6 Å². The van der Waals surface area contributed by atoms with E-state index >= 15 is 0 Å². The zero-order valence-corrected chi connectivity index (χ0v) is 21.6. The van der Waals surface area contributed by atoms with Crippen molar-refractivity contribution in [3.8, 4) is 17.1 Å². The van der Waals surface area contributed by atoms with E-state index in [0.29, 0.717) is 26.4 Å². The summed E-state index contributed by atoms with van der Waals surface area (Å²) in [5.74, 6) is 0.728. The number of aromatic nitrogens is 1. The molecule has 0 aliphatic carbocycles. The van der Waals surface area contributed by atoms with Gasteiger partial charge in [-0.3, -0.25) is 9.36 Å². The van der Waals surface area contributed by atoms with Crippen molar-refractivity contribution in [1.29, 1.82) is 0 Å². The zero-order valence-electron chi connectivity index (χ0n) is 20.8. The Morgan fingerprint density at radius 3 is 2.51 bits per heavy atom. The molecule has 5 aromatic rings. The third kappa shape index (κ3) is 4.73. The van der Waals surface area contributed by atoms with Gasteiger partial charge in [0.05, 0.1) is 28.9 Å². The number of thiazole rings is 1. The molecular formula is C31H22N2O5S. The van der Waals surface area contributed by atoms with Crippen LogP contribution in [0.5, 0.6) is 5.75 Å². The quantitative estimate of drug-likeness (QED) is 0.332. The number of aromatic carboxylic acids is 1. The molecule has 2 aromatic heterocycles. The first kappa shape index (κ1) is 24.4. The lowest BCUT2D eigenvalue weighted by atomic mass is 10.0. The molecule has 0 spiro atoms. The van der Waals surface area contributed by atoms with Gasteiger partial charge in [0.15, 0.2) is 4.80 Å². The second kappa shape index (κ2) is 10.1. The Kier molecular flexibility index (Phi) is 6.30. The average molecular weight is 535 g/mol. The number of carboxylic acid groups (broad SMARTS) is 1. The summed E-state index contributed by atoms with van der Waals surface area (Å²) in [5.41, 5.74) is 3.34. The van der Waals surface area contributed by atoms with Crippen molar-refractivity contribution in [3.63, 3.8) is 0 Å². The van der Waals surface area contributed by atoms with Crippen LogP contribution >= 0.6 is 11.3 Å². The fourth-order valence-electron chi connectivity index (χ4n) is 4.51. The Balaban J connectivity index is 1.45. The Hall–Kier alpha value is -4.95. The van der Waals surface area contributed by atoms with E-state index in [9.17, 15) is 14.7 Å². The summed E-state index contributed by atoms with van der Waals surface area (Å²) in [6, 6.07) is 27.2. The Morgan fingerprint density at radius 1 is 1.00 bits per heavy atom. The normalized spacial score (nSPS) is 14.8. The molecule has 0 radical (unpaired) electrons. The molecule has 8 heteroatoms. The monoisotopic (exact) mass is 534 g/mol. The molecule has 1 aliphatic heterocycles. The van der Waals surface area contributed by atoms with Crippen LogP contribution < -0.4 is 19.6 Å². The predicted molar refractivity (Wildman–Crippen MR) is 150 cm³/mol.